The molecule has 0 N–H and O–H groups in total. The summed E-state index contributed by atoms with van der Waals surface area (Å²) >= 11 is 10.2. The van der Waals surface area contributed by atoms with E-state index in [0.29, 0.717) is 5.69 Å². The first-order valence-electron chi connectivity index (χ1n) is 7.72. The second-order valence-corrected chi connectivity index (χ2v) is 8.03. The van der Waals surface area contributed by atoms with Crippen LogP contribution in [0.2, 0.25) is 0 Å². The zero-order valence-corrected chi connectivity index (χ0v) is 18.5. The topological polar surface area (TPSA) is 42.9 Å². The molecule has 4 rings (SSSR count). The van der Waals surface area contributed by atoms with Crippen molar-refractivity contribution < 1.29 is 4.79 Å². The molecule has 0 bridgehead atoms. The van der Waals surface area contributed by atoms with Crippen LogP contribution in [0.4, 0.5) is 0 Å². The number of nitrogens with zero attached hydrogens (tertiary/aromatic N) is 2. The van der Waals surface area contributed by atoms with Gasteiger partial charge >= 0.3 is 0 Å². The maximum absolute atomic E-state index is 11.1. The van der Waals surface area contributed by atoms with E-state index in [2.05, 4.69) is 57.8 Å². The molecule has 4 aromatic rings. The fourth-order valence-corrected chi connectivity index (χ4v) is 3.64. The number of halogens is 3. The van der Waals surface area contributed by atoms with Crippen LogP contribution in [0.1, 0.15) is 17.4 Å². The smallest absolute Gasteiger partial charge is 0.178 e. The van der Waals surface area contributed by atoms with Gasteiger partial charge in [0.2, 0.25) is 0 Å². The number of para-hydroxylation sites is 2. The Morgan fingerprint density at radius 3 is 1.85 bits per heavy atom. The van der Waals surface area contributed by atoms with E-state index in [1.807, 2.05) is 54.6 Å². The van der Waals surface area contributed by atoms with Gasteiger partial charge in [-0.15, -0.1) is 0 Å². The highest BCUT2D eigenvalue weighted by molar-refractivity contribution is 9.11. The predicted molar refractivity (Wildman–Crippen MR) is 117 cm³/mol. The van der Waals surface area contributed by atoms with Crippen molar-refractivity contribution in [1.29, 1.82) is 0 Å². The summed E-state index contributed by atoms with van der Waals surface area (Å²) in [6.45, 7) is 1.52. The second-order valence-electron chi connectivity index (χ2n) is 5.51. The van der Waals surface area contributed by atoms with E-state index in [0.717, 1.165) is 35.4 Å². The van der Waals surface area contributed by atoms with Crippen LogP contribution in [0, 0.1) is 0 Å². The number of hydrogen-bond donors (Lipinski definition) is 0. The number of aromatic nitrogens is 2. The molecule has 0 spiro atoms. The molecule has 0 amide bonds. The fourth-order valence-electron chi connectivity index (χ4n) is 2.39. The first-order valence-corrected chi connectivity index (χ1v) is 10.1. The Kier molecular flexibility index (Phi) is 6.16. The highest BCUT2D eigenvalue weighted by atomic mass is 79.9. The number of ketones is 1. The first kappa shape index (κ1) is 19.1. The molecule has 130 valence electrons. The predicted octanol–water partition coefficient (Wildman–Crippen LogP) is 6.96. The SMILES string of the molecule is Brc1ccc2cccc(Br)c2n1.CC(=O)c1ccc2cccc(Br)c2n1. The standard InChI is InChI=1S/C11H8BrNO.C9H5Br2N/c1-7(14)10-6-5-8-3-2-4-9(12)11(8)13-10;10-7-3-1-2-6-4-5-8(11)12-9(6)7/h2-6H,1H3;1-5H. The summed E-state index contributed by atoms with van der Waals surface area (Å²) in [5.41, 5.74) is 2.33. The third-order valence-electron chi connectivity index (χ3n) is 3.67. The van der Waals surface area contributed by atoms with E-state index in [4.69, 9.17) is 0 Å². The first-order chi connectivity index (χ1) is 12.5. The number of rotatable bonds is 1. The van der Waals surface area contributed by atoms with E-state index in [9.17, 15) is 4.79 Å². The second kappa shape index (κ2) is 8.37. The maximum Gasteiger partial charge on any atom is 0.178 e. The largest absolute Gasteiger partial charge is 0.293 e. The zero-order chi connectivity index (χ0) is 18.7. The number of hydrogen-bond acceptors (Lipinski definition) is 3. The van der Waals surface area contributed by atoms with Crippen LogP contribution in [0.15, 0.2) is 74.2 Å². The van der Waals surface area contributed by atoms with Gasteiger partial charge in [-0.25, -0.2) is 9.97 Å². The molecule has 3 nitrogen and oxygen atoms in total. The van der Waals surface area contributed by atoms with Crippen molar-refractivity contribution in [3.05, 3.63) is 79.9 Å². The van der Waals surface area contributed by atoms with Crippen molar-refractivity contribution in [1.82, 2.24) is 9.97 Å². The Bertz CT molecular complexity index is 1110. The molecule has 0 saturated heterocycles. The average molecular weight is 537 g/mol. The molecule has 2 aromatic heterocycles. The molecular weight excluding hydrogens is 524 g/mol. The monoisotopic (exact) mass is 534 g/mol. The Morgan fingerprint density at radius 1 is 0.731 bits per heavy atom. The molecular formula is C20H13Br3N2O. The van der Waals surface area contributed by atoms with Crippen molar-refractivity contribution in [2.45, 2.75) is 6.92 Å². The Hall–Kier alpha value is -1.63. The quantitative estimate of drug-likeness (QED) is 0.195. The van der Waals surface area contributed by atoms with Crippen molar-refractivity contribution in [3.63, 3.8) is 0 Å². The third kappa shape index (κ3) is 4.37. The summed E-state index contributed by atoms with van der Waals surface area (Å²) in [6, 6.07) is 19.5. The maximum atomic E-state index is 11.1. The highest BCUT2D eigenvalue weighted by Gasteiger charge is 2.04. The van der Waals surface area contributed by atoms with Crippen LogP contribution in [0.25, 0.3) is 21.8 Å². The highest BCUT2D eigenvalue weighted by Crippen LogP contribution is 2.23. The number of fused-ring (bicyclic) bond motifs is 2. The number of benzene rings is 2. The molecule has 26 heavy (non-hydrogen) atoms. The molecule has 0 unspecified atom stereocenters. The van der Waals surface area contributed by atoms with E-state index < -0.39 is 0 Å². The van der Waals surface area contributed by atoms with Gasteiger partial charge in [0.25, 0.3) is 0 Å². The lowest BCUT2D eigenvalue weighted by molar-refractivity contribution is 0.101. The van der Waals surface area contributed by atoms with E-state index in [-0.39, 0.29) is 5.78 Å². The Balaban J connectivity index is 0.000000152. The number of Topliss-reactive ketones (excluding diaryl/α,β-unsaturated/α-hetero) is 1. The van der Waals surface area contributed by atoms with Crippen LogP contribution in [-0.2, 0) is 0 Å². The van der Waals surface area contributed by atoms with Gasteiger partial charge < -0.3 is 0 Å². The van der Waals surface area contributed by atoms with Gasteiger partial charge in [-0.2, -0.15) is 0 Å². The minimum Gasteiger partial charge on any atom is -0.293 e. The fraction of sp³-hybridized carbons (Fsp3) is 0.0500. The summed E-state index contributed by atoms with van der Waals surface area (Å²) in [5.74, 6) is -0.0114. The molecule has 0 aliphatic heterocycles. The van der Waals surface area contributed by atoms with Crippen LogP contribution < -0.4 is 0 Å². The van der Waals surface area contributed by atoms with Gasteiger partial charge in [0.1, 0.15) is 10.3 Å². The molecule has 0 radical (unpaired) electrons. The van der Waals surface area contributed by atoms with E-state index >= 15 is 0 Å². The van der Waals surface area contributed by atoms with Crippen molar-refractivity contribution in [3.8, 4) is 0 Å². The molecule has 2 aromatic carbocycles. The van der Waals surface area contributed by atoms with Gasteiger partial charge in [-0.3, -0.25) is 4.79 Å². The van der Waals surface area contributed by atoms with E-state index in [1.54, 1.807) is 6.07 Å². The van der Waals surface area contributed by atoms with Gasteiger partial charge in [-0.1, -0.05) is 36.4 Å². The molecule has 0 fully saturated rings. The van der Waals surface area contributed by atoms with Gasteiger partial charge in [0.05, 0.1) is 11.0 Å². The van der Waals surface area contributed by atoms with Crippen LogP contribution in [0.5, 0.6) is 0 Å². The summed E-state index contributed by atoms with van der Waals surface area (Å²) in [4.78, 5) is 19.7. The lowest BCUT2D eigenvalue weighted by Gasteiger charge is -2.01. The minimum absolute atomic E-state index is 0.0114. The van der Waals surface area contributed by atoms with Gasteiger partial charge in [-0.05, 0) is 72.1 Å². The van der Waals surface area contributed by atoms with Gasteiger partial charge in [0, 0.05) is 26.6 Å². The van der Waals surface area contributed by atoms with Crippen molar-refractivity contribution in [2.75, 3.05) is 0 Å². The normalized spacial score (nSPS) is 10.5. The molecule has 0 aliphatic rings. The van der Waals surface area contributed by atoms with Crippen LogP contribution in [0.3, 0.4) is 0 Å². The summed E-state index contributed by atoms with van der Waals surface area (Å²) in [6.07, 6.45) is 0. The lowest BCUT2D eigenvalue weighted by Crippen LogP contribution is -1.96. The summed E-state index contributed by atoms with van der Waals surface area (Å²) in [7, 11) is 0. The van der Waals surface area contributed by atoms with Crippen LogP contribution >= 0.6 is 47.8 Å². The van der Waals surface area contributed by atoms with Gasteiger partial charge in [0.15, 0.2) is 5.78 Å². The third-order valence-corrected chi connectivity index (χ3v) is 5.39. The van der Waals surface area contributed by atoms with Crippen molar-refractivity contribution in [2.24, 2.45) is 0 Å². The minimum atomic E-state index is -0.0114. The summed E-state index contributed by atoms with van der Waals surface area (Å²) < 4.78 is 2.81. The number of carbonyl (C=O) groups excluding carboxylic acids is 1. The Morgan fingerprint density at radius 2 is 1.27 bits per heavy atom. The molecule has 0 atom stereocenters. The number of pyridine rings is 2. The molecule has 0 aliphatic carbocycles. The summed E-state index contributed by atoms with van der Waals surface area (Å²) in [5, 5.41) is 2.18. The Labute approximate surface area is 176 Å². The molecule has 6 heteroatoms. The zero-order valence-electron chi connectivity index (χ0n) is 13.7. The van der Waals surface area contributed by atoms with Crippen LogP contribution in [-0.4, -0.2) is 15.8 Å². The number of carbonyl (C=O) groups is 1. The van der Waals surface area contributed by atoms with Crippen molar-refractivity contribution >= 4 is 75.4 Å². The lowest BCUT2D eigenvalue weighted by atomic mass is 10.2. The molecule has 0 saturated carbocycles. The molecule has 2 heterocycles. The van der Waals surface area contributed by atoms with E-state index in [1.165, 1.54) is 6.92 Å². The average Bonchev–Trinajstić information content (AvgIpc) is 2.63.